The van der Waals surface area contributed by atoms with Crippen LogP contribution in [0.2, 0.25) is 0 Å². The SMILES string of the molecule is CN(CCC(=O)NCCCC[PH](c1ccccc1)(c1ccccc1)c1ccccc1)C(=N)N. The van der Waals surface area contributed by atoms with Gasteiger partial charge in [0, 0.05) is 0 Å². The van der Waals surface area contributed by atoms with Crippen molar-refractivity contribution in [3.8, 4) is 0 Å². The molecule has 3 aromatic carbocycles. The fraction of sp³-hybridized carbons (Fsp3) is 0.259. The van der Waals surface area contributed by atoms with Gasteiger partial charge in [-0.05, 0) is 0 Å². The van der Waals surface area contributed by atoms with Gasteiger partial charge in [0.15, 0.2) is 0 Å². The van der Waals surface area contributed by atoms with Crippen LogP contribution in [0, 0.1) is 5.41 Å². The van der Waals surface area contributed by atoms with E-state index < -0.39 is 7.26 Å². The van der Waals surface area contributed by atoms with E-state index in [1.165, 1.54) is 15.9 Å². The zero-order valence-electron chi connectivity index (χ0n) is 19.3. The molecule has 0 aliphatic heterocycles. The molecule has 0 saturated heterocycles. The van der Waals surface area contributed by atoms with Crippen molar-refractivity contribution in [3.63, 3.8) is 0 Å². The number of carbonyl (C=O) groups is 1. The Bertz CT molecular complexity index is 915. The van der Waals surface area contributed by atoms with Crippen molar-refractivity contribution >= 4 is 35.0 Å². The predicted octanol–water partition coefficient (Wildman–Crippen LogP) is 2.82. The third kappa shape index (κ3) is 6.43. The number of carbonyl (C=O) groups excluding carboxylic acids is 1. The normalized spacial score (nSPS) is 11.5. The van der Waals surface area contributed by atoms with E-state index in [1.54, 1.807) is 11.9 Å². The Morgan fingerprint density at radius 3 is 1.73 bits per heavy atom. The van der Waals surface area contributed by atoms with Crippen molar-refractivity contribution in [2.45, 2.75) is 19.3 Å². The van der Waals surface area contributed by atoms with Gasteiger partial charge in [-0.15, -0.1) is 0 Å². The fourth-order valence-corrected chi connectivity index (χ4v) is 9.25. The Balaban J connectivity index is 1.72. The van der Waals surface area contributed by atoms with Crippen LogP contribution in [-0.4, -0.2) is 43.1 Å². The van der Waals surface area contributed by atoms with Crippen LogP contribution >= 0.6 is 7.26 Å². The first-order chi connectivity index (χ1) is 16.0. The molecule has 5 nitrogen and oxygen atoms in total. The van der Waals surface area contributed by atoms with E-state index in [2.05, 4.69) is 96.3 Å². The molecule has 0 bridgehead atoms. The van der Waals surface area contributed by atoms with Crippen molar-refractivity contribution in [1.29, 1.82) is 5.41 Å². The molecule has 3 rings (SSSR count). The van der Waals surface area contributed by atoms with Gasteiger partial charge in [0.2, 0.25) is 0 Å². The number of guanidine groups is 1. The zero-order chi connectivity index (χ0) is 23.5. The number of hydrogen-bond donors (Lipinski definition) is 3. The Morgan fingerprint density at radius 2 is 1.30 bits per heavy atom. The third-order valence-corrected chi connectivity index (χ3v) is 11.2. The molecule has 0 aromatic heterocycles. The van der Waals surface area contributed by atoms with E-state index in [0.717, 1.165) is 19.0 Å². The second kappa shape index (κ2) is 12.2. The number of hydrogen-bond acceptors (Lipinski definition) is 2. The maximum atomic E-state index is 12.2. The first-order valence-corrected chi connectivity index (χ1v) is 13.7. The predicted molar refractivity (Wildman–Crippen MR) is 143 cm³/mol. The second-order valence-corrected chi connectivity index (χ2v) is 12.4. The molecule has 1 amide bonds. The van der Waals surface area contributed by atoms with Crippen LogP contribution in [0.25, 0.3) is 0 Å². The number of nitrogens with two attached hydrogens (primary N) is 1. The maximum absolute atomic E-state index is 12.2. The Hall–Kier alpha value is -3.17. The summed E-state index contributed by atoms with van der Waals surface area (Å²) in [4.78, 5) is 13.7. The summed E-state index contributed by atoms with van der Waals surface area (Å²) in [5.74, 6) is -0.0207. The number of benzene rings is 3. The van der Waals surface area contributed by atoms with Crippen LogP contribution < -0.4 is 27.0 Å². The Kier molecular flexibility index (Phi) is 9.03. The van der Waals surface area contributed by atoms with Gasteiger partial charge in [-0.25, -0.2) is 0 Å². The molecule has 0 atom stereocenters. The molecule has 0 spiro atoms. The number of nitrogens with one attached hydrogen (secondary N) is 2. The van der Waals surface area contributed by atoms with E-state index >= 15 is 0 Å². The molecular weight excluding hydrogens is 427 g/mol. The summed E-state index contributed by atoms with van der Waals surface area (Å²) in [5.41, 5.74) is 5.43. The van der Waals surface area contributed by atoms with E-state index in [9.17, 15) is 4.79 Å². The molecule has 0 fully saturated rings. The van der Waals surface area contributed by atoms with Gasteiger partial charge in [-0.1, -0.05) is 0 Å². The number of rotatable bonds is 11. The topological polar surface area (TPSA) is 82.2 Å². The number of amides is 1. The molecule has 4 N–H and O–H groups in total. The van der Waals surface area contributed by atoms with Crippen LogP contribution in [0.5, 0.6) is 0 Å². The summed E-state index contributed by atoms with van der Waals surface area (Å²) in [6.07, 6.45) is 3.37. The quantitative estimate of drug-likeness (QED) is 0.177. The molecule has 0 heterocycles. The molecule has 33 heavy (non-hydrogen) atoms. The minimum absolute atomic E-state index is 0.000728. The first-order valence-electron chi connectivity index (χ1n) is 11.5. The van der Waals surface area contributed by atoms with E-state index in [-0.39, 0.29) is 11.9 Å². The van der Waals surface area contributed by atoms with Crippen LogP contribution in [0.1, 0.15) is 19.3 Å². The molecule has 0 aliphatic rings. The molecule has 3 aromatic rings. The summed E-state index contributed by atoms with van der Waals surface area (Å²) >= 11 is 0. The summed E-state index contributed by atoms with van der Waals surface area (Å²) in [6.45, 7) is 1.11. The van der Waals surface area contributed by atoms with Gasteiger partial charge in [0.25, 0.3) is 0 Å². The van der Waals surface area contributed by atoms with Crippen molar-refractivity contribution in [3.05, 3.63) is 91.0 Å². The molecule has 0 unspecified atom stereocenters. The van der Waals surface area contributed by atoms with E-state index in [0.29, 0.717) is 19.5 Å². The van der Waals surface area contributed by atoms with Gasteiger partial charge in [-0.3, -0.25) is 0 Å². The number of unbranched alkanes of at least 4 members (excludes halogenated alkanes) is 1. The average Bonchev–Trinajstić information content (AvgIpc) is 2.86. The Labute approximate surface area is 197 Å². The fourth-order valence-electron chi connectivity index (χ4n) is 4.32. The van der Waals surface area contributed by atoms with Crippen LogP contribution in [-0.2, 0) is 4.79 Å². The summed E-state index contributed by atoms with van der Waals surface area (Å²) in [5, 5.41) is 14.7. The molecule has 0 aliphatic carbocycles. The van der Waals surface area contributed by atoms with E-state index in [4.69, 9.17) is 11.1 Å². The minimum atomic E-state index is -2.20. The molecule has 6 heteroatoms. The summed E-state index contributed by atoms with van der Waals surface area (Å²) < 4.78 is 0. The van der Waals surface area contributed by atoms with Crippen molar-refractivity contribution < 1.29 is 4.79 Å². The first kappa shape index (κ1) is 24.5. The van der Waals surface area contributed by atoms with Crippen LogP contribution in [0.3, 0.4) is 0 Å². The number of nitrogens with zero attached hydrogens (tertiary/aromatic N) is 1. The molecule has 0 saturated carbocycles. The van der Waals surface area contributed by atoms with Crippen LogP contribution in [0.15, 0.2) is 91.0 Å². The van der Waals surface area contributed by atoms with Crippen molar-refractivity contribution in [1.82, 2.24) is 10.2 Å². The molecule has 174 valence electrons. The van der Waals surface area contributed by atoms with Gasteiger partial charge in [-0.2, -0.15) is 0 Å². The van der Waals surface area contributed by atoms with Gasteiger partial charge >= 0.3 is 198 Å². The zero-order valence-corrected chi connectivity index (χ0v) is 20.3. The summed E-state index contributed by atoms with van der Waals surface area (Å²) in [6, 6.07) is 32.7. The van der Waals surface area contributed by atoms with Gasteiger partial charge in [0.1, 0.15) is 0 Å². The molecular formula is C27H35N4OP. The standard InChI is InChI=1S/C27H35N4OP/c1-31(27(28)29)21-19-26(32)30-20-11-12-22-33(23-13-5-2-6-14-23,24-15-7-3-8-16-24)25-17-9-4-10-18-25/h2-10,13-18,33H,11-12,19-22H2,1H3,(H3,28,29)(H,30,32). The summed E-state index contributed by atoms with van der Waals surface area (Å²) in [7, 11) is -0.482. The van der Waals surface area contributed by atoms with Crippen molar-refractivity contribution in [2.75, 3.05) is 26.3 Å². The van der Waals surface area contributed by atoms with Gasteiger partial charge < -0.3 is 0 Å². The molecule has 0 radical (unpaired) electrons. The van der Waals surface area contributed by atoms with Crippen LogP contribution in [0.4, 0.5) is 0 Å². The van der Waals surface area contributed by atoms with E-state index in [1.807, 2.05) is 0 Å². The van der Waals surface area contributed by atoms with Gasteiger partial charge in [0.05, 0.1) is 0 Å². The second-order valence-electron chi connectivity index (χ2n) is 8.37. The third-order valence-electron chi connectivity index (χ3n) is 6.19. The Morgan fingerprint density at radius 1 is 0.848 bits per heavy atom. The average molecular weight is 463 g/mol. The monoisotopic (exact) mass is 462 g/mol. The van der Waals surface area contributed by atoms with Crippen molar-refractivity contribution in [2.24, 2.45) is 5.73 Å².